The van der Waals surface area contributed by atoms with Crippen LogP contribution in [0.1, 0.15) is 34.6 Å². The van der Waals surface area contributed by atoms with E-state index in [4.69, 9.17) is 9.81 Å². The van der Waals surface area contributed by atoms with E-state index >= 15 is 0 Å². The minimum absolute atomic E-state index is 0.119. The topological polar surface area (TPSA) is 211 Å². The zero-order valence-corrected chi connectivity index (χ0v) is 23.4. The number of pyridine rings is 2. The summed E-state index contributed by atoms with van der Waals surface area (Å²) in [5, 5.41) is 29.9. The predicted molar refractivity (Wildman–Crippen MR) is 152 cm³/mol. The Bertz CT molecular complexity index is 1700. The second-order valence-electron chi connectivity index (χ2n) is 8.54. The number of hydrogen-bond acceptors (Lipinski definition) is 10. The molecule has 4 aromatic heterocycles. The van der Waals surface area contributed by atoms with Crippen molar-refractivity contribution in [1.82, 2.24) is 29.3 Å². The Balaban J connectivity index is 0.000000254. The van der Waals surface area contributed by atoms with Gasteiger partial charge in [0, 0.05) is 69.5 Å². The average molecular weight is 578 g/mol. The van der Waals surface area contributed by atoms with E-state index in [0.717, 1.165) is 6.20 Å². The fourth-order valence-corrected chi connectivity index (χ4v) is 3.51. The molecular weight excluding hydrogens is 551 g/mol. The second kappa shape index (κ2) is 14.7. The van der Waals surface area contributed by atoms with Gasteiger partial charge in [-0.05, 0) is 13.8 Å². The molecular formula is C25H27BN8O8. The van der Waals surface area contributed by atoms with E-state index in [1.807, 2.05) is 13.8 Å². The molecule has 2 amide bonds. The van der Waals surface area contributed by atoms with Crippen LogP contribution in [0.5, 0.6) is 0 Å². The van der Waals surface area contributed by atoms with E-state index in [0.29, 0.717) is 53.4 Å². The molecule has 17 heteroatoms. The van der Waals surface area contributed by atoms with E-state index in [2.05, 4.69) is 15.0 Å². The number of aryl methyl sites for hydroxylation is 1. The minimum atomic E-state index is -0.531. The van der Waals surface area contributed by atoms with E-state index in [-0.39, 0.29) is 23.2 Å². The first-order chi connectivity index (χ1) is 19.9. The van der Waals surface area contributed by atoms with Gasteiger partial charge in [-0.25, -0.2) is 9.97 Å². The van der Waals surface area contributed by atoms with Crippen molar-refractivity contribution in [2.45, 2.75) is 13.8 Å². The van der Waals surface area contributed by atoms with Gasteiger partial charge in [0.05, 0.1) is 21.0 Å². The number of aromatic amines is 1. The Morgan fingerprint density at radius 1 is 1.00 bits per heavy atom. The van der Waals surface area contributed by atoms with Crippen LogP contribution in [0.2, 0.25) is 0 Å². The summed E-state index contributed by atoms with van der Waals surface area (Å²) >= 11 is 0. The van der Waals surface area contributed by atoms with Gasteiger partial charge < -0.3 is 19.4 Å². The van der Waals surface area contributed by atoms with Crippen molar-refractivity contribution in [3.05, 3.63) is 68.3 Å². The summed E-state index contributed by atoms with van der Waals surface area (Å²) in [6.07, 6.45) is 6.93. The summed E-state index contributed by atoms with van der Waals surface area (Å²) in [5.41, 5.74) is 1.60. The van der Waals surface area contributed by atoms with Gasteiger partial charge in [0.2, 0.25) is 0 Å². The average Bonchev–Trinajstić information content (AvgIpc) is 3.56. The molecule has 16 nitrogen and oxygen atoms in total. The predicted octanol–water partition coefficient (Wildman–Crippen LogP) is 2.46. The number of aliphatic hydroxyl groups is 1. The number of aromatic nitrogens is 4. The van der Waals surface area contributed by atoms with Crippen LogP contribution in [0.15, 0.2) is 36.9 Å². The van der Waals surface area contributed by atoms with Crippen LogP contribution < -0.4 is 0 Å². The number of nitrogens with one attached hydrogen (secondary N) is 1. The fourth-order valence-electron chi connectivity index (χ4n) is 3.51. The fraction of sp³-hybridized carbons (Fsp3) is 0.280. The third kappa shape index (κ3) is 7.50. The number of carbonyl (C=O) groups excluding carboxylic acids is 2. The molecule has 0 aliphatic carbocycles. The quantitative estimate of drug-likeness (QED) is 0.148. The molecule has 0 unspecified atom stereocenters. The molecule has 0 saturated heterocycles. The molecule has 0 radical (unpaired) electrons. The molecule has 2 N–H and O–H groups in total. The number of fused-ring (bicyclic) bond motifs is 2. The summed E-state index contributed by atoms with van der Waals surface area (Å²) in [5.74, 6) is 1.38. The zero-order chi connectivity index (χ0) is 31.6. The summed E-state index contributed by atoms with van der Waals surface area (Å²) in [7, 11) is 5.43. The van der Waals surface area contributed by atoms with E-state index < -0.39 is 9.85 Å². The van der Waals surface area contributed by atoms with Crippen LogP contribution in [0.4, 0.5) is 11.4 Å². The number of H-pyrrole nitrogens is 1. The van der Waals surface area contributed by atoms with Gasteiger partial charge in [-0.1, -0.05) is 0 Å². The molecule has 4 rings (SSSR count). The van der Waals surface area contributed by atoms with Crippen molar-refractivity contribution < 1.29 is 29.2 Å². The Morgan fingerprint density at radius 3 is 2.00 bits per heavy atom. The standard InChI is InChI=1S/C12H14N4O3.C11H12N4O3.C2HBO2/c1-4-14(2)12(17)10-7-15(3)11-9(10)5-8(6-13-11)16(18)19;1-3-14(2)11(16)9-6-13-10-8(9)4-7(5-12-10)15(17)18;4-2-1-3-5/h5-7H,4H2,1-3H3;4-6H,3H2,1-2H3,(H,12,13);4H. The Labute approximate surface area is 239 Å². The molecule has 0 spiro atoms. The number of carbonyl (C=O) groups is 2. The van der Waals surface area contributed by atoms with Crippen LogP contribution in [0.25, 0.3) is 22.1 Å². The number of nitrogens with zero attached hydrogens (tertiary/aromatic N) is 7. The van der Waals surface area contributed by atoms with Crippen LogP contribution in [-0.2, 0) is 11.8 Å². The van der Waals surface area contributed by atoms with E-state index in [1.54, 1.807) is 42.6 Å². The van der Waals surface area contributed by atoms with E-state index in [9.17, 15) is 29.8 Å². The number of amides is 2. The third-order valence-electron chi connectivity index (χ3n) is 5.96. The molecule has 0 atom stereocenters. The van der Waals surface area contributed by atoms with Crippen LogP contribution in [0.3, 0.4) is 0 Å². The third-order valence-corrected chi connectivity index (χ3v) is 5.96. The first-order valence-electron chi connectivity index (χ1n) is 12.2. The molecule has 0 fully saturated rings. The maximum absolute atomic E-state index is 12.2. The van der Waals surface area contributed by atoms with Crippen molar-refractivity contribution in [2.75, 3.05) is 27.2 Å². The van der Waals surface area contributed by atoms with Crippen molar-refractivity contribution >= 4 is 52.4 Å². The molecule has 0 saturated carbocycles. The Morgan fingerprint density at radius 2 is 1.52 bits per heavy atom. The van der Waals surface area contributed by atoms with Gasteiger partial charge in [0.25, 0.3) is 23.2 Å². The molecule has 218 valence electrons. The summed E-state index contributed by atoms with van der Waals surface area (Å²) in [6, 6.07) is 2.74. The van der Waals surface area contributed by atoms with Crippen LogP contribution in [-0.4, -0.2) is 90.4 Å². The van der Waals surface area contributed by atoms with Crippen molar-refractivity contribution in [1.29, 1.82) is 0 Å². The number of rotatable bonds is 6. The number of hydrogen-bond donors (Lipinski definition) is 2. The van der Waals surface area contributed by atoms with Gasteiger partial charge in [-0.2, -0.15) is 0 Å². The van der Waals surface area contributed by atoms with Gasteiger partial charge >= 0.3 is 28.9 Å². The summed E-state index contributed by atoms with van der Waals surface area (Å²) in [6.45, 7) is 4.85. The molecule has 0 aliphatic heterocycles. The summed E-state index contributed by atoms with van der Waals surface area (Å²) in [4.78, 5) is 58.6. The van der Waals surface area contributed by atoms with Crippen LogP contribution >= 0.6 is 0 Å². The van der Waals surface area contributed by atoms with E-state index in [1.165, 1.54) is 35.5 Å². The van der Waals surface area contributed by atoms with Gasteiger partial charge in [0.1, 0.15) is 23.7 Å². The van der Waals surface area contributed by atoms with Crippen molar-refractivity contribution in [3.63, 3.8) is 0 Å². The maximum atomic E-state index is 12.2. The van der Waals surface area contributed by atoms with Gasteiger partial charge in [-0.3, -0.25) is 29.8 Å². The zero-order valence-electron chi connectivity index (χ0n) is 23.4. The number of aliphatic hydroxyl groups excluding tert-OH is 1. The number of nitro groups is 2. The Kier molecular flexibility index (Phi) is 11.4. The molecule has 0 aromatic carbocycles. The second-order valence-corrected chi connectivity index (χ2v) is 8.54. The first kappa shape index (κ1) is 32.6. The van der Waals surface area contributed by atoms with Crippen molar-refractivity contribution in [3.8, 4) is 11.9 Å². The van der Waals surface area contributed by atoms with Gasteiger partial charge in [0.15, 0.2) is 0 Å². The first-order valence-corrected chi connectivity index (χ1v) is 12.2. The monoisotopic (exact) mass is 578 g/mol. The SMILES string of the molecule is CCN(C)C(=O)c1c[nH]c2ncc([N+](=O)[O-])cc12.CCN(C)C(=O)c1cn(C)c2ncc([N+](=O)[O-])cc12.O=BC#CO. The molecule has 0 aliphatic rings. The molecule has 0 bridgehead atoms. The van der Waals surface area contributed by atoms with Gasteiger partial charge in [-0.15, -0.1) is 0 Å². The molecule has 4 aromatic rings. The van der Waals surface area contributed by atoms with Crippen LogP contribution in [0, 0.1) is 32.2 Å². The van der Waals surface area contributed by atoms with Crippen molar-refractivity contribution in [2.24, 2.45) is 7.05 Å². The Hall–Kier alpha value is -5.66. The molecule has 42 heavy (non-hydrogen) atoms. The molecule has 4 heterocycles. The normalized spacial score (nSPS) is 9.74. The summed E-state index contributed by atoms with van der Waals surface area (Å²) < 4.78 is 10.8.